The lowest BCUT2D eigenvalue weighted by molar-refractivity contribution is 0.247. The molecule has 1 aliphatic heterocycles. The van der Waals surface area contributed by atoms with E-state index in [-0.39, 0.29) is 5.41 Å². The molecular weight excluding hydrogens is 422 g/mol. The third-order valence-electron chi connectivity index (χ3n) is 6.86. The minimum absolute atomic E-state index is 0.137. The highest BCUT2D eigenvalue weighted by Gasteiger charge is 2.21. The fourth-order valence-corrected chi connectivity index (χ4v) is 4.77. The Morgan fingerprint density at radius 2 is 1.71 bits per heavy atom. The largest absolute Gasteiger partial charge is 0.367 e. The van der Waals surface area contributed by atoms with E-state index >= 15 is 0 Å². The van der Waals surface area contributed by atoms with Gasteiger partial charge in [0.2, 0.25) is 0 Å². The summed E-state index contributed by atoms with van der Waals surface area (Å²) in [6, 6.07) is 10.8. The molecule has 4 aromatic rings. The Labute approximate surface area is 201 Å². The van der Waals surface area contributed by atoms with Crippen LogP contribution in [-0.2, 0) is 18.5 Å². The second-order valence-corrected chi connectivity index (χ2v) is 10.3. The van der Waals surface area contributed by atoms with Crippen LogP contribution in [0.3, 0.4) is 0 Å². The number of H-pyrrole nitrogens is 1. The zero-order valence-electron chi connectivity index (χ0n) is 21.0. The lowest BCUT2D eigenvalue weighted by Gasteiger charge is -2.35. The molecule has 4 heterocycles. The molecule has 0 radical (unpaired) electrons. The summed E-state index contributed by atoms with van der Waals surface area (Å²) in [6.45, 7) is 16.8. The van der Waals surface area contributed by atoms with Gasteiger partial charge < -0.3 is 14.5 Å². The zero-order chi connectivity index (χ0) is 23.9. The predicted molar refractivity (Wildman–Crippen MR) is 138 cm³/mol. The van der Waals surface area contributed by atoms with E-state index in [9.17, 15) is 0 Å². The van der Waals surface area contributed by atoms with Gasteiger partial charge in [-0.25, -0.2) is 15.0 Å². The first-order chi connectivity index (χ1) is 16.3. The number of fused-ring (bicyclic) bond motifs is 1. The molecule has 7 nitrogen and oxygen atoms in total. The van der Waals surface area contributed by atoms with Gasteiger partial charge in [-0.05, 0) is 30.9 Å². The number of aryl methyl sites for hydroxylation is 2. The number of piperazine rings is 1. The molecular formula is C27H35N7. The average molecular weight is 458 g/mol. The van der Waals surface area contributed by atoms with Crippen molar-refractivity contribution in [3.63, 3.8) is 0 Å². The maximum absolute atomic E-state index is 4.81. The van der Waals surface area contributed by atoms with Gasteiger partial charge in [0.25, 0.3) is 0 Å². The fourth-order valence-electron chi connectivity index (χ4n) is 4.77. The molecule has 5 rings (SSSR count). The van der Waals surface area contributed by atoms with E-state index in [4.69, 9.17) is 9.97 Å². The highest BCUT2D eigenvalue weighted by atomic mass is 15.3. The van der Waals surface area contributed by atoms with Gasteiger partial charge in [0.1, 0.15) is 17.2 Å². The van der Waals surface area contributed by atoms with Gasteiger partial charge in [0, 0.05) is 57.2 Å². The van der Waals surface area contributed by atoms with Gasteiger partial charge in [-0.2, -0.15) is 0 Å². The van der Waals surface area contributed by atoms with Crippen molar-refractivity contribution < 1.29 is 0 Å². The molecule has 1 aromatic carbocycles. The summed E-state index contributed by atoms with van der Waals surface area (Å²) in [5, 5.41) is 0. The van der Waals surface area contributed by atoms with E-state index in [1.54, 1.807) is 0 Å². The second kappa shape index (κ2) is 8.87. The number of aromatic nitrogens is 5. The monoisotopic (exact) mass is 457 g/mol. The van der Waals surface area contributed by atoms with Gasteiger partial charge in [0.05, 0.1) is 11.4 Å². The maximum atomic E-state index is 4.81. The van der Waals surface area contributed by atoms with Crippen molar-refractivity contribution in [3.8, 4) is 11.4 Å². The van der Waals surface area contributed by atoms with Crippen LogP contribution in [0.15, 0.2) is 42.7 Å². The zero-order valence-corrected chi connectivity index (χ0v) is 21.0. The van der Waals surface area contributed by atoms with E-state index in [0.29, 0.717) is 0 Å². The van der Waals surface area contributed by atoms with E-state index < -0.39 is 0 Å². The Morgan fingerprint density at radius 1 is 0.971 bits per heavy atom. The third-order valence-corrected chi connectivity index (χ3v) is 6.86. The van der Waals surface area contributed by atoms with Gasteiger partial charge in [0.15, 0.2) is 5.65 Å². The average Bonchev–Trinajstić information content (AvgIpc) is 3.42. The van der Waals surface area contributed by atoms with E-state index in [2.05, 4.69) is 95.5 Å². The van der Waals surface area contributed by atoms with Crippen LogP contribution in [0, 0.1) is 6.92 Å². The second-order valence-electron chi connectivity index (χ2n) is 10.3. The fraction of sp³-hybridized carbons (Fsp3) is 0.444. The van der Waals surface area contributed by atoms with Crippen LogP contribution in [0.25, 0.3) is 22.6 Å². The van der Waals surface area contributed by atoms with Gasteiger partial charge >= 0.3 is 0 Å². The van der Waals surface area contributed by atoms with Crippen LogP contribution in [0.5, 0.6) is 0 Å². The van der Waals surface area contributed by atoms with Crippen LogP contribution in [-0.4, -0.2) is 55.6 Å². The van der Waals surface area contributed by atoms with Crippen LogP contribution in [0.4, 0.5) is 5.69 Å². The van der Waals surface area contributed by atoms with Crippen molar-refractivity contribution in [3.05, 3.63) is 59.8 Å². The summed E-state index contributed by atoms with van der Waals surface area (Å²) >= 11 is 0. The molecule has 0 bridgehead atoms. The molecule has 1 N–H and O–H groups in total. The number of anilines is 1. The van der Waals surface area contributed by atoms with Crippen molar-refractivity contribution in [2.24, 2.45) is 0 Å². The number of aromatic amines is 1. The van der Waals surface area contributed by atoms with E-state index in [1.165, 1.54) is 11.3 Å². The number of benzene rings is 1. The number of pyridine rings is 1. The third kappa shape index (κ3) is 4.44. The van der Waals surface area contributed by atoms with Gasteiger partial charge in [-0.1, -0.05) is 45.0 Å². The Balaban J connectivity index is 1.31. The van der Waals surface area contributed by atoms with Gasteiger partial charge in [-0.3, -0.25) is 4.90 Å². The standard InChI is InChI=1S/C27H35N7/c1-6-33-18-22(29-19(33)2)17-32-13-15-34(16-14-32)23-11-12-28-26-24(23)30-25(31-26)20-7-9-21(10-8-20)27(3,4)5/h7-12,18H,6,13-17H2,1-5H3,(H,28,30,31). The van der Waals surface area contributed by atoms with Crippen molar-refractivity contribution in [2.45, 2.75) is 53.1 Å². The lowest BCUT2D eigenvalue weighted by atomic mass is 9.87. The highest BCUT2D eigenvalue weighted by Crippen LogP contribution is 2.29. The van der Waals surface area contributed by atoms with Crippen molar-refractivity contribution in [2.75, 3.05) is 31.1 Å². The molecule has 7 heteroatoms. The molecule has 0 spiro atoms. The minimum Gasteiger partial charge on any atom is -0.367 e. The summed E-state index contributed by atoms with van der Waals surface area (Å²) < 4.78 is 2.21. The summed E-state index contributed by atoms with van der Waals surface area (Å²) in [7, 11) is 0. The lowest BCUT2D eigenvalue weighted by Crippen LogP contribution is -2.46. The number of imidazole rings is 2. The van der Waals surface area contributed by atoms with E-state index in [1.807, 2.05) is 6.20 Å². The Morgan fingerprint density at radius 3 is 2.35 bits per heavy atom. The molecule has 1 fully saturated rings. The summed E-state index contributed by atoms with van der Waals surface area (Å²) in [6.07, 6.45) is 4.06. The van der Waals surface area contributed by atoms with Gasteiger partial charge in [-0.15, -0.1) is 0 Å². The molecule has 0 unspecified atom stereocenters. The first-order valence-electron chi connectivity index (χ1n) is 12.3. The minimum atomic E-state index is 0.137. The molecule has 0 aliphatic carbocycles. The molecule has 1 aliphatic rings. The van der Waals surface area contributed by atoms with Crippen molar-refractivity contribution in [1.82, 2.24) is 29.4 Å². The summed E-state index contributed by atoms with van der Waals surface area (Å²) in [4.78, 5) is 22.6. The van der Waals surface area contributed by atoms with Crippen LogP contribution < -0.4 is 4.90 Å². The number of nitrogens with zero attached hydrogens (tertiary/aromatic N) is 6. The Bertz CT molecular complexity index is 1270. The Hall–Kier alpha value is -3.19. The highest BCUT2D eigenvalue weighted by molar-refractivity contribution is 5.88. The number of nitrogens with one attached hydrogen (secondary N) is 1. The van der Waals surface area contributed by atoms with Crippen LogP contribution >= 0.6 is 0 Å². The molecule has 3 aromatic heterocycles. The predicted octanol–water partition coefficient (Wildman–Crippen LogP) is 4.77. The Kier molecular flexibility index (Phi) is 5.90. The van der Waals surface area contributed by atoms with Crippen LogP contribution in [0.1, 0.15) is 44.8 Å². The number of rotatable bonds is 5. The first-order valence-corrected chi connectivity index (χ1v) is 12.3. The smallest absolute Gasteiger partial charge is 0.180 e. The molecule has 34 heavy (non-hydrogen) atoms. The summed E-state index contributed by atoms with van der Waals surface area (Å²) in [5.74, 6) is 1.97. The SMILES string of the molecule is CCn1cc(CN2CCN(c3ccnc4nc(-c5ccc(C(C)(C)C)cc5)[nH]c34)CC2)nc1C. The molecule has 0 amide bonds. The van der Waals surface area contributed by atoms with E-state index in [0.717, 1.165) is 73.3 Å². The summed E-state index contributed by atoms with van der Waals surface area (Å²) in [5.41, 5.74) is 6.68. The quantitative estimate of drug-likeness (QED) is 0.468. The molecule has 178 valence electrons. The maximum Gasteiger partial charge on any atom is 0.180 e. The molecule has 1 saturated heterocycles. The van der Waals surface area contributed by atoms with Crippen LogP contribution in [0.2, 0.25) is 0 Å². The van der Waals surface area contributed by atoms with Crippen molar-refractivity contribution in [1.29, 1.82) is 0 Å². The number of hydrogen-bond donors (Lipinski definition) is 1. The first kappa shape index (κ1) is 22.6. The van der Waals surface area contributed by atoms with Crippen molar-refractivity contribution >= 4 is 16.9 Å². The topological polar surface area (TPSA) is 65.9 Å². The number of hydrogen-bond acceptors (Lipinski definition) is 5. The molecule has 0 saturated carbocycles. The molecule has 0 atom stereocenters. The normalized spacial score (nSPS) is 15.4.